The Morgan fingerprint density at radius 3 is 2.96 bits per heavy atom. The summed E-state index contributed by atoms with van der Waals surface area (Å²) in [4.78, 5) is 16.8. The monoisotopic (exact) mass is 311 g/mol. The molecule has 5 nitrogen and oxygen atoms in total. The molecule has 0 radical (unpaired) electrons. The van der Waals surface area contributed by atoms with Gasteiger partial charge in [0.25, 0.3) is 5.91 Å². The molecule has 2 fully saturated rings. The van der Waals surface area contributed by atoms with Crippen molar-refractivity contribution in [3.05, 3.63) is 36.0 Å². The molecule has 0 spiro atoms. The number of pyridine rings is 1. The van der Waals surface area contributed by atoms with E-state index in [1.807, 2.05) is 24.3 Å². The van der Waals surface area contributed by atoms with Gasteiger partial charge in [-0.3, -0.25) is 4.79 Å². The highest BCUT2D eigenvalue weighted by Gasteiger charge is 2.25. The van der Waals surface area contributed by atoms with Gasteiger partial charge in [-0.05, 0) is 44.4 Å². The zero-order chi connectivity index (χ0) is 15.6. The Morgan fingerprint density at radius 1 is 1.30 bits per heavy atom. The van der Waals surface area contributed by atoms with Gasteiger partial charge in [0, 0.05) is 23.5 Å². The highest BCUT2D eigenvalue weighted by Crippen LogP contribution is 2.27. The molecule has 5 heteroatoms. The molecule has 23 heavy (non-hydrogen) atoms. The second kappa shape index (κ2) is 6.16. The molecule has 1 aliphatic carbocycles. The van der Waals surface area contributed by atoms with Crippen LogP contribution in [0, 0.1) is 0 Å². The minimum Gasteiger partial charge on any atom is -0.491 e. The predicted molar refractivity (Wildman–Crippen MR) is 88.8 cm³/mol. The van der Waals surface area contributed by atoms with Crippen molar-refractivity contribution in [2.75, 3.05) is 13.2 Å². The van der Waals surface area contributed by atoms with E-state index in [9.17, 15) is 4.79 Å². The first-order chi connectivity index (χ1) is 11.3. The maximum absolute atomic E-state index is 12.3. The van der Waals surface area contributed by atoms with E-state index in [0.717, 1.165) is 42.5 Å². The van der Waals surface area contributed by atoms with Gasteiger partial charge in [-0.2, -0.15) is 0 Å². The van der Waals surface area contributed by atoms with Gasteiger partial charge in [-0.1, -0.05) is 12.1 Å². The molecule has 1 atom stereocenters. The molecule has 1 amide bonds. The van der Waals surface area contributed by atoms with Crippen LogP contribution < -0.4 is 15.4 Å². The molecule has 2 heterocycles. The second-order valence-corrected chi connectivity index (χ2v) is 6.37. The summed E-state index contributed by atoms with van der Waals surface area (Å²) in [6, 6.07) is 10.3. The number of aromatic nitrogens is 1. The number of benzene rings is 1. The van der Waals surface area contributed by atoms with Crippen molar-refractivity contribution >= 4 is 16.8 Å². The first-order valence-electron chi connectivity index (χ1n) is 8.36. The van der Waals surface area contributed by atoms with Crippen molar-refractivity contribution in [3.63, 3.8) is 0 Å². The van der Waals surface area contributed by atoms with Crippen molar-refractivity contribution in [1.82, 2.24) is 15.6 Å². The molecule has 2 N–H and O–H groups in total. The maximum Gasteiger partial charge on any atom is 0.270 e. The van der Waals surface area contributed by atoms with Gasteiger partial charge in [0.05, 0.1) is 5.52 Å². The molecular formula is C18H21N3O2. The number of carbonyl (C=O) groups excluding carboxylic acids is 1. The average Bonchev–Trinajstić information content (AvgIpc) is 3.23. The first-order valence-corrected chi connectivity index (χ1v) is 8.36. The van der Waals surface area contributed by atoms with Crippen LogP contribution in [0.25, 0.3) is 10.9 Å². The summed E-state index contributed by atoms with van der Waals surface area (Å²) >= 11 is 0. The standard InChI is InChI=1S/C18H21N3O2/c22-18(20-12-7-8-12)16-10-17(23-11-13-4-3-9-19-13)14-5-1-2-6-15(14)21-16/h1-2,5-6,10,12-13,19H,3-4,7-9,11H2,(H,20,22). The highest BCUT2D eigenvalue weighted by molar-refractivity contribution is 5.97. The Labute approximate surface area is 135 Å². The second-order valence-electron chi connectivity index (χ2n) is 6.37. The molecule has 1 aromatic carbocycles. The Hall–Kier alpha value is -2.14. The van der Waals surface area contributed by atoms with Crippen LogP contribution in [0.15, 0.2) is 30.3 Å². The minimum atomic E-state index is -0.109. The number of nitrogens with zero attached hydrogens (tertiary/aromatic N) is 1. The SMILES string of the molecule is O=C(NC1CC1)c1cc(OCC2CCCN2)c2ccccc2n1. The Kier molecular flexibility index (Phi) is 3.87. The van der Waals surface area contributed by atoms with Crippen LogP contribution in [0.2, 0.25) is 0 Å². The lowest BCUT2D eigenvalue weighted by Gasteiger charge is -2.15. The third-order valence-electron chi connectivity index (χ3n) is 4.43. The normalized spacial score (nSPS) is 20.6. The molecule has 2 aromatic rings. The first kappa shape index (κ1) is 14.5. The van der Waals surface area contributed by atoms with Gasteiger partial charge < -0.3 is 15.4 Å². The van der Waals surface area contributed by atoms with E-state index < -0.39 is 0 Å². The maximum atomic E-state index is 12.3. The van der Waals surface area contributed by atoms with Crippen LogP contribution in [0.5, 0.6) is 5.75 Å². The molecule has 1 saturated carbocycles. The summed E-state index contributed by atoms with van der Waals surface area (Å²) in [5.74, 6) is 0.632. The summed E-state index contributed by atoms with van der Waals surface area (Å²) < 4.78 is 6.03. The predicted octanol–water partition coefficient (Wildman–Crippen LogP) is 2.26. The fourth-order valence-corrected chi connectivity index (χ4v) is 2.96. The fourth-order valence-electron chi connectivity index (χ4n) is 2.96. The van der Waals surface area contributed by atoms with Crippen LogP contribution in [0.4, 0.5) is 0 Å². The number of fused-ring (bicyclic) bond motifs is 1. The summed E-state index contributed by atoms with van der Waals surface area (Å²) in [6.45, 7) is 1.68. The number of nitrogens with one attached hydrogen (secondary N) is 2. The zero-order valence-electron chi connectivity index (χ0n) is 13.0. The van der Waals surface area contributed by atoms with Gasteiger partial charge in [0.2, 0.25) is 0 Å². The van der Waals surface area contributed by atoms with E-state index in [-0.39, 0.29) is 5.91 Å². The zero-order valence-corrected chi connectivity index (χ0v) is 13.0. The summed E-state index contributed by atoms with van der Waals surface area (Å²) in [5.41, 5.74) is 1.23. The molecule has 4 rings (SSSR count). The molecule has 1 saturated heterocycles. The lowest BCUT2D eigenvalue weighted by atomic mass is 10.1. The van der Waals surface area contributed by atoms with Gasteiger partial charge in [-0.15, -0.1) is 0 Å². The molecule has 120 valence electrons. The number of ether oxygens (including phenoxy) is 1. The lowest BCUT2D eigenvalue weighted by molar-refractivity contribution is 0.0946. The quantitative estimate of drug-likeness (QED) is 0.889. The van der Waals surface area contributed by atoms with Crippen molar-refractivity contribution in [1.29, 1.82) is 0 Å². The van der Waals surface area contributed by atoms with E-state index in [1.54, 1.807) is 6.07 Å². The van der Waals surface area contributed by atoms with Crippen molar-refractivity contribution in [2.45, 2.75) is 37.8 Å². The van der Waals surface area contributed by atoms with Crippen LogP contribution in [-0.2, 0) is 0 Å². The van der Waals surface area contributed by atoms with E-state index in [1.165, 1.54) is 6.42 Å². The fraction of sp³-hybridized carbons (Fsp3) is 0.444. The molecule has 1 aliphatic heterocycles. The van der Waals surface area contributed by atoms with Crippen molar-refractivity contribution < 1.29 is 9.53 Å². The van der Waals surface area contributed by atoms with Gasteiger partial charge >= 0.3 is 0 Å². The Bertz CT molecular complexity index is 721. The van der Waals surface area contributed by atoms with Crippen molar-refractivity contribution in [2.24, 2.45) is 0 Å². The topological polar surface area (TPSA) is 63.2 Å². The Morgan fingerprint density at radius 2 is 2.17 bits per heavy atom. The lowest BCUT2D eigenvalue weighted by Crippen LogP contribution is -2.28. The van der Waals surface area contributed by atoms with E-state index in [0.29, 0.717) is 24.4 Å². The molecular weight excluding hydrogens is 290 g/mol. The number of hydrogen-bond donors (Lipinski definition) is 2. The number of para-hydroxylation sites is 1. The van der Waals surface area contributed by atoms with E-state index >= 15 is 0 Å². The summed E-state index contributed by atoms with van der Waals surface area (Å²) in [5, 5.41) is 7.37. The average molecular weight is 311 g/mol. The largest absolute Gasteiger partial charge is 0.491 e. The van der Waals surface area contributed by atoms with Crippen LogP contribution in [-0.4, -0.2) is 36.1 Å². The van der Waals surface area contributed by atoms with Gasteiger partial charge in [0.1, 0.15) is 18.1 Å². The molecule has 2 aliphatic rings. The van der Waals surface area contributed by atoms with Gasteiger partial charge in [0.15, 0.2) is 0 Å². The van der Waals surface area contributed by atoms with E-state index in [2.05, 4.69) is 15.6 Å². The van der Waals surface area contributed by atoms with Crippen LogP contribution >= 0.6 is 0 Å². The van der Waals surface area contributed by atoms with E-state index in [4.69, 9.17) is 4.74 Å². The third kappa shape index (κ3) is 3.29. The summed E-state index contributed by atoms with van der Waals surface area (Å²) in [6.07, 6.45) is 4.46. The Balaban J connectivity index is 1.61. The number of amides is 1. The third-order valence-corrected chi connectivity index (χ3v) is 4.43. The smallest absolute Gasteiger partial charge is 0.270 e. The number of rotatable bonds is 5. The minimum absolute atomic E-state index is 0.109. The molecule has 0 bridgehead atoms. The van der Waals surface area contributed by atoms with Crippen molar-refractivity contribution in [3.8, 4) is 5.75 Å². The number of carbonyl (C=O) groups is 1. The van der Waals surface area contributed by atoms with Gasteiger partial charge in [-0.25, -0.2) is 4.98 Å². The highest BCUT2D eigenvalue weighted by atomic mass is 16.5. The van der Waals surface area contributed by atoms with Crippen LogP contribution in [0.1, 0.15) is 36.2 Å². The summed E-state index contributed by atoms with van der Waals surface area (Å²) in [7, 11) is 0. The molecule has 1 aromatic heterocycles. The number of hydrogen-bond acceptors (Lipinski definition) is 4. The van der Waals surface area contributed by atoms with Crippen LogP contribution in [0.3, 0.4) is 0 Å². The molecule has 1 unspecified atom stereocenters.